The van der Waals surface area contributed by atoms with Crippen LogP contribution in [0, 0.1) is 9.39 Å². The first kappa shape index (κ1) is 20.7. The molecule has 146 valence electrons. The predicted molar refractivity (Wildman–Crippen MR) is 115 cm³/mol. The van der Waals surface area contributed by atoms with E-state index >= 15 is 0 Å². The molecule has 1 fully saturated rings. The molecule has 2 amide bonds. The smallest absolute Gasteiger partial charge is 0.293 e. The number of hydrogen-bond acceptors (Lipinski definition) is 5. The molecule has 8 heteroatoms. The molecular formula is C20H17FINO4S. The fraction of sp³-hybridized carbons (Fsp3) is 0.200. The molecule has 0 saturated carbocycles. The van der Waals surface area contributed by atoms with Crippen LogP contribution in [0.3, 0.4) is 0 Å². The van der Waals surface area contributed by atoms with E-state index in [2.05, 4.69) is 22.6 Å². The van der Waals surface area contributed by atoms with Gasteiger partial charge in [-0.1, -0.05) is 12.1 Å². The molecule has 0 bridgehead atoms. The number of imide groups is 1. The molecule has 2 aromatic carbocycles. The molecule has 1 saturated heterocycles. The van der Waals surface area contributed by atoms with Gasteiger partial charge in [0.15, 0.2) is 11.5 Å². The van der Waals surface area contributed by atoms with Crippen LogP contribution in [0.25, 0.3) is 6.08 Å². The number of rotatable bonds is 6. The average molecular weight is 513 g/mol. The molecule has 0 aliphatic carbocycles. The lowest BCUT2D eigenvalue weighted by Crippen LogP contribution is -2.27. The largest absolute Gasteiger partial charge is 0.493 e. The van der Waals surface area contributed by atoms with Crippen LogP contribution in [-0.2, 0) is 11.3 Å². The SMILES string of the molecule is CCOc1c(I)cc(/C=C2\SC(=O)N(Cc3ccc(F)cc3)C2=O)cc1OC. The Bertz CT molecular complexity index is 946. The van der Waals surface area contributed by atoms with Gasteiger partial charge in [0.25, 0.3) is 11.1 Å². The lowest BCUT2D eigenvalue weighted by Gasteiger charge is -2.13. The van der Waals surface area contributed by atoms with Crippen molar-refractivity contribution in [2.24, 2.45) is 0 Å². The van der Waals surface area contributed by atoms with Crippen LogP contribution in [0.1, 0.15) is 18.1 Å². The Morgan fingerprint density at radius 3 is 2.57 bits per heavy atom. The molecule has 0 aromatic heterocycles. The number of benzene rings is 2. The average Bonchev–Trinajstić information content (AvgIpc) is 2.92. The monoisotopic (exact) mass is 513 g/mol. The lowest BCUT2D eigenvalue weighted by atomic mass is 10.1. The van der Waals surface area contributed by atoms with Gasteiger partial charge in [0.05, 0.1) is 28.7 Å². The Morgan fingerprint density at radius 1 is 1.21 bits per heavy atom. The molecule has 1 aliphatic heterocycles. The number of nitrogens with zero attached hydrogens (tertiary/aromatic N) is 1. The Labute approximate surface area is 180 Å². The summed E-state index contributed by atoms with van der Waals surface area (Å²) in [4.78, 5) is 26.5. The van der Waals surface area contributed by atoms with Gasteiger partial charge in [0.1, 0.15) is 5.82 Å². The zero-order valence-corrected chi connectivity index (χ0v) is 18.2. The number of amides is 2. The standard InChI is InChI=1S/C20H17FINO4S/c1-3-27-18-15(22)8-13(9-16(18)26-2)10-17-19(24)23(20(25)28-17)11-12-4-6-14(21)7-5-12/h4-10H,3,11H2,1-2H3/b17-10-. The Balaban J connectivity index is 1.85. The molecule has 0 spiro atoms. The normalized spacial score (nSPS) is 15.4. The van der Waals surface area contributed by atoms with Crippen LogP contribution in [0.5, 0.6) is 11.5 Å². The molecule has 0 radical (unpaired) electrons. The highest BCUT2D eigenvalue weighted by atomic mass is 127. The highest BCUT2D eigenvalue weighted by Crippen LogP contribution is 2.37. The summed E-state index contributed by atoms with van der Waals surface area (Å²) in [7, 11) is 1.55. The number of ether oxygens (including phenoxy) is 2. The highest BCUT2D eigenvalue weighted by Gasteiger charge is 2.35. The summed E-state index contributed by atoms with van der Waals surface area (Å²) in [5.74, 6) is 0.469. The summed E-state index contributed by atoms with van der Waals surface area (Å²) < 4.78 is 24.9. The molecule has 0 atom stereocenters. The molecule has 1 aliphatic rings. The topological polar surface area (TPSA) is 55.8 Å². The molecule has 3 rings (SSSR count). The molecule has 0 N–H and O–H groups in total. The number of methoxy groups -OCH3 is 1. The molecular weight excluding hydrogens is 496 g/mol. The van der Waals surface area contributed by atoms with Crippen molar-refractivity contribution in [1.29, 1.82) is 0 Å². The van der Waals surface area contributed by atoms with Crippen LogP contribution >= 0.6 is 34.4 Å². The fourth-order valence-electron chi connectivity index (χ4n) is 2.67. The van der Waals surface area contributed by atoms with Gasteiger partial charge in [-0.2, -0.15) is 0 Å². The van der Waals surface area contributed by atoms with E-state index in [9.17, 15) is 14.0 Å². The van der Waals surface area contributed by atoms with E-state index in [4.69, 9.17) is 9.47 Å². The van der Waals surface area contributed by atoms with Crippen LogP contribution in [-0.4, -0.2) is 29.8 Å². The summed E-state index contributed by atoms with van der Waals surface area (Å²) in [6, 6.07) is 9.35. The number of carbonyl (C=O) groups is 2. The minimum atomic E-state index is -0.373. The van der Waals surface area contributed by atoms with E-state index in [1.165, 1.54) is 12.1 Å². The van der Waals surface area contributed by atoms with Gasteiger partial charge in [-0.25, -0.2) is 4.39 Å². The van der Waals surface area contributed by atoms with Crippen molar-refractivity contribution in [2.75, 3.05) is 13.7 Å². The van der Waals surface area contributed by atoms with E-state index in [0.717, 1.165) is 25.8 Å². The summed E-state index contributed by atoms with van der Waals surface area (Å²) in [6.07, 6.45) is 1.66. The van der Waals surface area contributed by atoms with Gasteiger partial charge in [-0.15, -0.1) is 0 Å². The number of halogens is 2. The molecule has 2 aromatic rings. The van der Waals surface area contributed by atoms with Gasteiger partial charge in [0, 0.05) is 0 Å². The zero-order valence-electron chi connectivity index (χ0n) is 15.2. The second kappa shape index (κ2) is 8.95. The van der Waals surface area contributed by atoms with Crippen LogP contribution in [0.2, 0.25) is 0 Å². The predicted octanol–water partition coefficient (Wildman–Crippen LogP) is 5.07. The van der Waals surface area contributed by atoms with E-state index < -0.39 is 0 Å². The van der Waals surface area contributed by atoms with Crippen molar-refractivity contribution in [1.82, 2.24) is 4.90 Å². The maximum Gasteiger partial charge on any atom is 0.293 e. The van der Waals surface area contributed by atoms with Gasteiger partial charge in [0.2, 0.25) is 0 Å². The number of thioether (sulfide) groups is 1. The maximum atomic E-state index is 13.0. The second-order valence-electron chi connectivity index (χ2n) is 5.86. The molecule has 28 heavy (non-hydrogen) atoms. The lowest BCUT2D eigenvalue weighted by molar-refractivity contribution is -0.123. The van der Waals surface area contributed by atoms with E-state index in [0.29, 0.717) is 28.6 Å². The fourth-order valence-corrected chi connectivity index (χ4v) is 4.29. The van der Waals surface area contributed by atoms with E-state index in [1.807, 2.05) is 13.0 Å². The van der Waals surface area contributed by atoms with Crippen LogP contribution in [0.4, 0.5) is 9.18 Å². The van der Waals surface area contributed by atoms with Crippen molar-refractivity contribution < 1.29 is 23.5 Å². The first-order valence-electron chi connectivity index (χ1n) is 8.43. The van der Waals surface area contributed by atoms with Gasteiger partial charge in [-0.3, -0.25) is 14.5 Å². The van der Waals surface area contributed by atoms with Gasteiger partial charge in [-0.05, 0) is 82.7 Å². The van der Waals surface area contributed by atoms with Crippen molar-refractivity contribution >= 4 is 51.6 Å². The Hall–Kier alpha value is -2.07. The third kappa shape index (κ3) is 4.49. The summed E-state index contributed by atoms with van der Waals surface area (Å²) in [5, 5.41) is -0.354. The maximum absolute atomic E-state index is 13.0. The van der Waals surface area contributed by atoms with Crippen molar-refractivity contribution in [3.63, 3.8) is 0 Å². The van der Waals surface area contributed by atoms with Crippen molar-refractivity contribution in [3.8, 4) is 11.5 Å². The number of carbonyl (C=O) groups excluding carboxylic acids is 2. The molecule has 1 heterocycles. The highest BCUT2D eigenvalue weighted by molar-refractivity contribution is 14.1. The molecule has 5 nitrogen and oxygen atoms in total. The second-order valence-corrected chi connectivity index (χ2v) is 8.02. The first-order chi connectivity index (χ1) is 13.4. The number of hydrogen-bond donors (Lipinski definition) is 0. The van der Waals surface area contributed by atoms with Gasteiger partial charge < -0.3 is 9.47 Å². The third-order valence-electron chi connectivity index (χ3n) is 3.97. The molecule has 0 unspecified atom stereocenters. The summed E-state index contributed by atoms with van der Waals surface area (Å²) in [6.45, 7) is 2.50. The van der Waals surface area contributed by atoms with Crippen LogP contribution in [0.15, 0.2) is 41.3 Å². The van der Waals surface area contributed by atoms with E-state index in [-0.39, 0.29) is 23.5 Å². The Kier molecular flexibility index (Phi) is 6.61. The van der Waals surface area contributed by atoms with Crippen molar-refractivity contribution in [3.05, 3.63) is 61.8 Å². The zero-order chi connectivity index (χ0) is 20.3. The Morgan fingerprint density at radius 2 is 1.93 bits per heavy atom. The minimum Gasteiger partial charge on any atom is -0.493 e. The third-order valence-corrected chi connectivity index (χ3v) is 5.67. The minimum absolute atomic E-state index is 0.104. The first-order valence-corrected chi connectivity index (χ1v) is 10.3. The van der Waals surface area contributed by atoms with Crippen LogP contribution < -0.4 is 9.47 Å². The summed E-state index contributed by atoms with van der Waals surface area (Å²) >= 11 is 3.02. The quantitative estimate of drug-likeness (QED) is 0.399. The van der Waals surface area contributed by atoms with Crippen molar-refractivity contribution in [2.45, 2.75) is 13.5 Å². The van der Waals surface area contributed by atoms with E-state index in [1.54, 1.807) is 31.4 Å². The van der Waals surface area contributed by atoms with Gasteiger partial charge >= 0.3 is 0 Å². The summed E-state index contributed by atoms with van der Waals surface area (Å²) in [5.41, 5.74) is 1.42.